The van der Waals surface area contributed by atoms with Crippen LogP contribution in [0.1, 0.15) is 25.0 Å². The summed E-state index contributed by atoms with van der Waals surface area (Å²) >= 11 is 0. The van der Waals surface area contributed by atoms with Gasteiger partial charge in [-0.25, -0.2) is 0 Å². The number of allylic oxidation sites excluding steroid dienone is 3. The molecule has 3 heteroatoms. The second-order valence-corrected chi connectivity index (χ2v) is 13.7. The molecule has 3 nitrogen and oxygen atoms in total. The second-order valence-electron chi connectivity index (χ2n) is 13.7. The predicted molar refractivity (Wildman–Crippen MR) is 218 cm³/mol. The molecule has 0 saturated heterocycles. The molecule has 0 bridgehead atoms. The van der Waals surface area contributed by atoms with Gasteiger partial charge in [0, 0.05) is 40.0 Å². The van der Waals surface area contributed by atoms with Crippen LogP contribution < -0.4 is 5.32 Å². The van der Waals surface area contributed by atoms with Gasteiger partial charge in [-0.3, -0.25) is 4.99 Å². The molecule has 1 heterocycles. The molecule has 1 aliphatic carbocycles. The zero-order chi connectivity index (χ0) is 34.4. The largest absolute Gasteiger partial charge is 0.362 e. The van der Waals surface area contributed by atoms with Gasteiger partial charge in [0.25, 0.3) is 0 Å². The second kappa shape index (κ2) is 12.5. The lowest BCUT2D eigenvalue weighted by Crippen LogP contribution is -2.14. The number of aliphatic imine (C=N–C) groups is 1. The lowest BCUT2D eigenvalue weighted by atomic mass is 9.82. The van der Waals surface area contributed by atoms with Gasteiger partial charge in [-0.05, 0) is 111 Å². The van der Waals surface area contributed by atoms with Gasteiger partial charge in [0.2, 0.25) is 0 Å². The highest BCUT2D eigenvalue weighted by Crippen LogP contribution is 2.49. The van der Waals surface area contributed by atoms with E-state index in [2.05, 4.69) is 175 Å². The quantitative estimate of drug-likeness (QED) is 0.134. The average molecular weight is 656 g/mol. The average Bonchev–Trinajstić information content (AvgIpc) is 3.63. The molecule has 51 heavy (non-hydrogen) atoms. The van der Waals surface area contributed by atoms with E-state index in [-0.39, 0.29) is 5.41 Å². The number of rotatable bonds is 7. The van der Waals surface area contributed by atoms with Crippen LogP contribution in [0.5, 0.6) is 0 Å². The van der Waals surface area contributed by atoms with E-state index < -0.39 is 0 Å². The molecule has 1 N–H and O–H groups in total. The van der Waals surface area contributed by atoms with Crippen molar-refractivity contribution in [3.05, 3.63) is 187 Å². The summed E-state index contributed by atoms with van der Waals surface area (Å²) in [6.07, 6.45) is 9.74. The fraction of sp³-hybridized carbons (Fsp3) is 0.0625. The number of nitrogens with one attached hydrogen (secondary N) is 1. The molecular formula is C48H37N3. The molecule has 0 aliphatic heterocycles. The normalized spacial score (nSPS) is 13.6. The summed E-state index contributed by atoms with van der Waals surface area (Å²) in [6.45, 7) is 4.59. The van der Waals surface area contributed by atoms with Gasteiger partial charge in [-0.1, -0.05) is 117 Å². The van der Waals surface area contributed by atoms with Crippen molar-refractivity contribution in [2.75, 3.05) is 5.32 Å². The minimum absolute atomic E-state index is 0.0208. The first-order valence-corrected chi connectivity index (χ1v) is 17.5. The Morgan fingerprint density at radius 1 is 0.569 bits per heavy atom. The van der Waals surface area contributed by atoms with Crippen molar-refractivity contribution in [3.8, 4) is 27.9 Å². The van der Waals surface area contributed by atoms with E-state index in [9.17, 15) is 0 Å². The first kappa shape index (κ1) is 30.6. The van der Waals surface area contributed by atoms with E-state index in [1.807, 2.05) is 30.6 Å². The monoisotopic (exact) mass is 655 g/mol. The molecule has 9 rings (SSSR count). The van der Waals surface area contributed by atoms with E-state index in [1.165, 1.54) is 71.6 Å². The van der Waals surface area contributed by atoms with Crippen molar-refractivity contribution >= 4 is 50.2 Å². The zero-order valence-electron chi connectivity index (χ0n) is 28.7. The van der Waals surface area contributed by atoms with Crippen LogP contribution in [0.3, 0.4) is 0 Å². The smallest absolute Gasteiger partial charge is 0.0633 e. The maximum absolute atomic E-state index is 4.71. The predicted octanol–water partition coefficient (Wildman–Crippen LogP) is 12.8. The van der Waals surface area contributed by atoms with Gasteiger partial charge in [0.1, 0.15) is 0 Å². The molecule has 0 saturated carbocycles. The molecule has 1 aromatic heterocycles. The Balaban J connectivity index is 0.912. The number of nitrogens with zero attached hydrogens (tertiary/aromatic N) is 2. The van der Waals surface area contributed by atoms with E-state index in [1.54, 1.807) is 0 Å². The Kier molecular flexibility index (Phi) is 7.48. The minimum atomic E-state index is -0.0208. The van der Waals surface area contributed by atoms with Gasteiger partial charge >= 0.3 is 0 Å². The van der Waals surface area contributed by atoms with Crippen LogP contribution in [0.15, 0.2) is 181 Å². The van der Waals surface area contributed by atoms with Crippen molar-refractivity contribution in [1.29, 1.82) is 0 Å². The standard InChI is InChI=1S/C48H37N3/c1-48(2)43-18-10-9-17-40(43)41-26-25-37(32-44(41)48)50-30-12-4-11-29-49-36-23-19-33(20-24-36)35-22-27-45-42(31-35)47-39-16-8-7-13-34(39)21-28-46(47)51(45)38-14-5-3-6-15-38/h3-32,49H,1-2H3/b12-4-,29-11+,50-30?. The zero-order valence-corrected chi connectivity index (χ0v) is 28.7. The summed E-state index contributed by atoms with van der Waals surface area (Å²) in [5.41, 5.74) is 13.3. The third-order valence-electron chi connectivity index (χ3n) is 10.3. The van der Waals surface area contributed by atoms with Gasteiger partial charge < -0.3 is 9.88 Å². The summed E-state index contributed by atoms with van der Waals surface area (Å²) in [6, 6.07) is 54.5. The lowest BCUT2D eigenvalue weighted by Gasteiger charge is -2.21. The highest BCUT2D eigenvalue weighted by Gasteiger charge is 2.35. The number of hydrogen-bond donors (Lipinski definition) is 1. The van der Waals surface area contributed by atoms with Crippen molar-refractivity contribution in [3.63, 3.8) is 0 Å². The van der Waals surface area contributed by atoms with Crippen LogP contribution in [0.4, 0.5) is 11.4 Å². The molecule has 0 atom stereocenters. The van der Waals surface area contributed by atoms with Gasteiger partial charge in [-0.2, -0.15) is 0 Å². The summed E-state index contributed by atoms with van der Waals surface area (Å²) in [4.78, 5) is 4.71. The van der Waals surface area contributed by atoms with Crippen LogP contribution in [0, 0.1) is 0 Å². The number of para-hydroxylation sites is 1. The molecule has 8 aromatic rings. The third kappa shape index (κ3) is 5.35. The van der Waals surface area contributed by atoms with E-state index in [0.717, 1.165) is 11.4 Å². The summed E-state index contributed by atoms with van der Waals surface area (Å²) in [7, 11) is 0. The molecule has 0 unspecified atom stereocenters. The minimum Gasteiger partial charge on any atom is -0.362 e. The highest BCUT2D eigenvalue weighted by atomic mass is 15.0. The number of hydrogen-bond acceptors (Lipinski definition) is 2. The Hall–Kier alpha value is -6.45. The number of fused-ring (bicyclic) bond motifs is 8. The van der Waals surface area contributed by atoms with E-state index >= 15 is 0 Å². The molecule has 7 aromatic carbocycles. The van der Waals surface area contributed by atoms with E-state index in [4.69, 9.17) is 4.99 Å². The number of anilines is 1. The summed E-state index contributed by atoms with van der Waals surface area (Å²) in [5, 5.41) is 8.47. The molecule has 0 amide bonds. The molecule has 0 spiro atoms. The fourth-order valence-corrected chi connectivity index (χ4v) is 7.80. The van der Waals surface area contributed by atoms with Gasteiger partial charge in [0.05, 0.1) is 16.7 Å². The van der Waals surface area contributed by atoms with E-state index in [0.29, 0.717) is 0 Å². The SMILES string of the molecule is CC1(C)c2ccccc2-c2ccc(N=C/C=C\C=C\Nc3ccc(-c4ccc5c(c4)c4c6ccccc6ccc4n5-c4ccccc4)cc3)cc21. The van der Waals surface area contributed by atoms with Crippen molar-refractivity contribution in [2.45, 2.75) is 19.3 Å². The maximum Gasteiger partial charge on any atom is 0.0633 e. The topological polar surface area (TPSA) is 29.3 Å². The van der Waals surface area contributed by atoms with Crippen molar-refractivity contribution < 1.29 is 0 Å². The van der Waals surface area contributed by atoms with Crippen LogP contribution in [0.25, 0.3) is 60.5 Å². The summed E-state index contributed by atoms with van der Waals surface area (Å²) in [5.74, 6) is 0. The Morgan fingerprint density at radius 3 is 2.20 bits per heavy atom. The Labute approximate surface area is 298 Å². The third-order valence-corrected chi connectivity index (χ3v) is 10.3. The molecule has 0 fully saturated rings. The van der Waals surface area contributed by atoms with Crippen LogP contribution in [-0.2, 0) is 5.41 Å². The van der Waals surface area contributed by atoms with Gasteiger partial charge in [0.15, 0.2) is 0 Å². The Bertz CT molecular complexity index is 2670. The van der Waals surface area contributed by atoms with Crippen LogP contribution >= 0.6 is 0 Å². The maximum atomic E-state index is 4.71. The van der Waals surface area contributed by atoms with Crippen molar-refractivity contribution in [1.82, 2.24) is 4.57 Å². The first-order chi connectivity index (χ1) is 25.1. The Morgan fingerprint density at radius 2 is 1.31 bits per heavy atom. The highest BCUT2D eigenvalue weighted by molar-refractivity contribution is 6.21. The van der Waals surface area contributed by atoms with Crippen LogP contribution in [0.2, 0.25) is 0 Å². The van der Waals surface area contributed by atoms with Crippen molar-refractivity contribution in [2.24, 2.45) is 4.99 Å². The van der Waals surface area contributed by atoms with Crippen LogP contribution in [-0.4, -0.2) is 10.8 Å². The molecule has 0 radical (unpaired) electrons. The molecule has 244 valence electrons. The van der Waals surface area contributed by atoms with Gasteiger partial charge in [-0.15, -0.1) is 0 Å². The number of benzene rings is 7. The summed E-state index contributed by atoms with van der Waals surface area (Å²) < 4.78 is 2.38. The first-order valence-electron chi connectivity index (χ1n) is 17.5. The molecule has 1 aliphatic rings. The lowest BCUT2D eigenvalue weighted by molar-refractivity contribution is 0.660. The molecular weight excluding hydrogens is 619 g/mol. The number of aromatic nitrogens is 1. The fourth-order valence-electron chi connectivity index (χ4n) is 7.80.